The maximum atomic E-state index is 12.4. The van der Waals surface area contributed by atoms with Crippen molar-refractivity contribution in [3.63, 3.8) is 0 Å². The van der Waals surface area contributed by atoms with Crippen molar-refractivity contribution in [2.45, 2.75) is 26.8 Å². The zero-order valence-corrected chi connectivity index (χ0v) is 18.6. The summed E-state index contributed by atoms with van der Waals surface area (Å²) >= 11 is 0. The fraction of sp³-hybridized carbons (Fsp3) is 0.417. The molecule has 0 aliphatic carbocycles. The monoisotopic (exact) mass is 435 g/mol. The number of aromatic nitrogens is 3. The first kappa shape index (κ1) is 22.0. The molecule has 1 saturated heterocycles. The molecule has 0 saturated carbocycles. The molecule has 3 heterocycles. The van der Waals surface area contributed by atoms with E-state index in [0.29, 0.717) is 36.5 Å². The molecule has 1 amide bonds. The van der Waals surface area contributed by atoms with Gasteiger partial charge < -0.3 is 14.2 Å². The number of piperazine rings is 1. The largest absolute Gasteiger partial charge is 0.482 e. The molecule has 1 fully saturated rings. The first-order valence-electron chi connectivity index (χ1n) is 11.0. The standard InChI is InChI=1S/C24H29N5O3/c1-18(2)13-22-26-24(27-32-22)20-6-3-5-19(14-20)16-28-9-11-29(12-10-28)23(30)17-31-21-7-4-8-25-15-21/h3-8,14-15,18H,9-13,16-17H2,1-2H3. The van der Waals surface area contributed by atoms with Crippen LogP contribution in [-0.2, 0) is 17.8 Å². The predicted octanol–water partition coefficient (Wildman–Crippen LogP) is 3.05. The Hall–Kier alpha value is -3.26. The quantitative estimate of drug-likeness (QED) is 0.538. The van der Waals surface area contributed by atoms with E-state index < -0.39 is 0 Å². The summed E-state index contributed by atoms with van der Waals surface area (Å²) in [7, 11) is 0. The molecule has 0 bridgehead atoms. The SMILES string of the molecule is CC(C)Cc1nc(-c2cccc(CN3CCN(C(=O)COc4cccnc4)CC3)c2)no1. The first-order chi connectivity index (χ1) is 15.6. The second kappa shape index (κ2) is 10.4. The molecule has 0 radical (unpaired) electrons. The summed E-state index contributed by atoms with van der Waals surface area (Å²) in [6, 6.07) is 11.8. The van der Waals surface area contributed by atoms with E-state index in [1.54, 1.807) is 24.5 Å². The summed E-state index contributed by atoms with van der Waals surface area (Å²) in [5.74, 6) is 2.39. The number of hydrogen-bond donors (Lipinski definition) is 0. The lowest BCUT2D eigenvalue weighted by atomic mass is 10.1. The van der Waals surface area contributed by atoms with E-state index in [2.05, 4.69) is 46.0 Å². The van der Waals surface area contributed by atoms with E-state index >= 15 is 0 Å². The minimum atomic E-state index is 0.00445. The summed E-state index contributed by atoms with van der Waals surface area (Å²) in [5, 5.41) is 4.14. The Balaban J connectivity index is 1.27. The van der Waals surface area contributed by atoms with Crippen LogP contribution in [0.15, 0.2) is 53.3 Å². The van der Waals surface area contributed by atoms with Gasteiger partial charge in [0, 0.05) is 50.9 Å². The lowest BCUT2D eigenvalue weighted by molar-refractivity contribution is -0.135. The van der Waals surface area contributed by atoms with E-state index in [9.17, 15) is 4.79 Å². The number of carbonyl (C=O) groups is 1. The summed E-state index contributed by atoms with van der Waals surface area (Å²) in [6.07, 6.45) is 4.07. The van der Waals surface area contributed by atoms with Crippen LogP contribution in [0.3, 0.4) is 0 Å². The molecular formula is C24H29N5O3. The number of benzene rings is 1. The minimum absolute atomic E-state index is 0.00445. The number of rotatable bonds is 8. The maximum Gasteiger partial charge on any atom is 0.260 e. The highest BCUT2D eigenvalue weighted by Gasteiger charge is 2.21. The molecule has 0 spiro atoms. The van der Waals surface area contributed by atoms with Crippen LogP contribution in [-0.4, -0.2) is 63.6 Å². The van der Waals surface area contributed by atoms with Crippen LogP contribution >= 0.6 is 0 Å². The van der Waals surface area contributed by atoms with E-state index in [1.165, 1.54) is 5.56 Å². The van der Waals surface area contributed by atoms with Gasteiger partial charge in [0.1, 0.15) is 5.75 Å². The molecule has 1 aromatic carbocycles. The van der Waals surface area contributed by atoms with E-state index in [0.717, 1.165) is 31.6 Å². The van der Waals surface area contributed by atoms with E-state index in [4.69, 9.17) is 9.26 Å². The maximum absolute atomic E-state index is 12.4. The normalized spacial score (nSPS) is 14.7. The molecule has 2 aromatic heterocycles. The van der Waals surface area contributed by atoms with Gasteiger partial charge in [-0.2, -0.15) is 4.98 Å². The summed E-state index contributed by atoms with van der Waals surface area (Å²) < 4.78 is 10.9. The smallest absolute Gasteiger partial charge is 0.260 e. The highest BCUT2D eigenvalue weighted by molar-refractivity contribution is 5.77. The van der Waals surface area contributed by atoms with Crippen LogP contribution in [0.25, 0.3) is 11.4 Å². The number of ether oxygens (including phenoxy) is 1. The van der Waals surface area contributed by atoms with Gasteiger partial charge in [-0.25, -0.2) is 0 Å². The van der Waals surface area contributed by atoms with Crippen molar-refractivity contribution in [3.8, 4) is 17.1 Å². The Kier molecular flexibility index (Phi) is 7.11. The van der Waals surface area contributed by atoms with Crippen LogP contribution in [0.5, 0.6) is 5.75 Å². The van der Waals surface area contributed by atoms with E-state index in [1.807, 2.05) is 17.0 Å². The summed E-state index contributed by atoms with van der Waals surface area (Å²) in [4.78, 5) is 25.2. The van der Waals surface area contributed by atoms with Gasteiger partial charge in [0.15, 0.2) is 6.61 Å². The average Bonchev–Trinajstić information content (AvgIpc) is 3.27. The van der Waals surface area contributed by atoms with Crippen LogP contribution in [0.4, 0.5) is 0 Å². The first-order valence-corrected chi connectivity index (χ1v) is 11.0. The lowest BCUT2D eigenvalue weighted by Crippen LogP contribution is -2.49. The molecule has 168 valence electrons. The lowest BCUT2D eigenvalue weighted by Gasteiger charge is -2.34. The third-order valence-corrected chi connectivity index (χ3v) is 5.36. The number of nitrogens with zero attached hydrogens (tertiary/aromatic N) is 5. The van der Waals surface area contributed by atoms with Gasteiger partial charge in [0.05, 0.1) is 6.20 Å². The Labute approximate surface area is 188 Å². The van der Waals surface area contributed by atoms with Gasteiger partial charge in [0.25, 0.3) is 5.91 Å². The molecule has 32 heavy (non-hydrogen) atoms. The number of pyridine rings is 1. The average molecular weight is 436 g/mol. The Morgan fingerprint density at radius 1 is 1.16 bits per heavy atom. The fourth-order valence-electron chi connectivity index (χ4n) is 3.70. The molecule has 3 aromatic rings. The van der Waals surface area contributed by atoms with Crippen molar-refractivity contribution in [1.82, 2.24) is 24.9 Å². The third-order valence-electron chi connectivity index (χ3n) is 5.36. The number of hydrogen-bond acceptors (Lipinski definition) is 7. The molecule has 8 heteroatoms. The second-order valence-corrected chi connectivity index (χ2v) is 8.44. The van der Waals surface area contributed by atoms with Crippen LogP contribution in [0.1, 0.15) is 25.3 Å². The Bertz CT molecular complexity index is 1010. The van der Waals surface area contributed by atoms with Gasteiger partial charge in [0.2, 0.25) is 11.7 Å². The molecule has 0 atom stereocenters. The summed E-state index contributed by atoms with van der Waals surface area (Å²) in [6.45, 7) is 8.15. The van der Waals surface area contributed by atoms with Gasteiger partial charge in [-0.15, -0.1) is 0 Å². The topological polar surface area (TPSA) is 84.6 Å². The van der Waals surface area contributed by atoms with Crippen LogP contribution in [0, 0.1) is 5.92 Å². The highest BCUT2D eigenvalue weighted by atomic mass is 16.5. The fourth-order valence-corrected chi connectivity index (χ4v) is 3.70. The van der Waals surface area contributed by atoms with Gasteiger partial charge in [-0.1, -0.05) is 37.2 Å². The van der Waals surface area contributed by atoms with E-state index in [-0.39, 0.29) is 12.5 Å². The van der Waals surface area contributed by atoms with Crippen molar-refractivity contribution in [2.24, 2.45) is 5.92 Å². The van der Waals surface area contributed by atoms with Gasteiger partial charge in [-0.05, 0) is 29.7 Å². The van der Waals surface area contributed by atoms with Crippen molar-refractivity contribution in [3.05, 3.63) is 60.2 Å². The molecule has 0 N–H and O–H groups in total. The van der Waals surface area contributed by atoms with Crippen molar-refractivity contribution >= 4 is 5.91 Å². The molecule has 1 aliphatic rings. The predicted molar refractivity (Wildman–Crippen MR) is 120 cm³/mol. The third kappa shape index (κ3) is 5.91. The highest BCUT2D eigenvalue weighted by Crippen LogP contribution is 2.20. The van der Waals surface area contributed by atoms with Crippen molar-refractivity contribution in [1.29, 1.82) is 0 Å². The minimum Gasteiger partial charge on any atom is -0.482 e. The van der Waals surface area contributed by atoms with Gasteiger partial charge >= 0.3 is 0 Å². The summed E-state index contributed by atoms with van der Waals surface area (Å²) in [5.41, 5.74) is 2.15. The molecule has 0 unspecified atom stereocenters. The zero-order chi connectivity index (χ0) is 22.3. The second-order valence-electron chi connectivity index (χ2n) is 8.44. The van der Waals surface area contributed by atoms with Gasteiger partial charge in [-0.3, -0.25) is 14.7 Å². The Morgan fingerprint density at radius 2 is 2.00 bits per heavy atom. The molecular weight excluding hydrogens is 406 g/mol. The van der Waals surface area contributed by atoms with Crippen molar-refractivity contribution in [2.75, 3.05) is 32.8 Å². The van der Waals surface area contributed by atoms with Crippen LogP contribution in [0.2, 0.25) is 0 Å². The van der Waals surface area contributed by atoms with Crippen molar-refractivity contribution < 1.29 is 14.1 Å². The molecule has 4 rings (SSSR count). The molecule has 8 nitrogen and oxygen atoms in total. The molecule has 1 aliphatic heterocycles. The van der Waals surface area contributed by atoms with Crippen LogP contribution < -0.4 is 4.74 Å². The zero-order valence-electron chi connectivity index (χ0n) is 18.6. The Morgan fingerprint density at radius 3 is 2.75 bits per heavy atom. The number of carbonyl (C=O) groups excluding carboxylic acids is 1. The number of amides is 1.